The van der Waals surface area contributed by atoms with Crippen LogP contribution in [-0.4, -0.2) is 5.78 Å². The van der Waals surface area contributed by atoms with E-state index in [4.69, 9.17) is 0 Å². The molecule has 0 heterocycles. The van der Waals surface area contributed by atoms with Crippen molar-refractivity contribution in [1.29, 1.82) is 0 Å². The first-order valence-electron chi connectivity index (χ1n) is 6.14. The Labute approximate surface area is 133 Å². The van der Waals surface area contributed by atoms with Gasteiger partial charge in [0.05, 0.1) is 0 Å². The number of rotatable bonds is 2. The van der Waals surface area contributed by atoms with Crippen LogP contribution in [-0.2, 0) is 0 Å². The summed E-state index contributed by atoms with van der Waals surface area (Å²) in [5.74, 6) is 0.0289. The molecule has 0 N–H and O–H groups in total. The zero-order valence-corrected chi connectivity index (χ0v) is 13.6. The van der Waals surface area contributed by atoms with Gasteiger partial charge in [-0.15, -0.1) is 0 Å². The number of ketones is 1. The largest absolute Gasteiger partial charge is 0.289 e. The third-order valence-corrected chi connectivity index (χ3v) is 4.36. The van der Waals surface area contributed by atoms with E-state index < -0.39 is 0 Å². The quantitative estimate of drug-likeness (QED) is 0.521. The standard InChI is InChI=1S/C17H10Br2O/c18-12-8-9-15(16(19)10-12)17(20)14-7-3-5-11-4-1-2-6-13(11)14/h1-10H. The van der Waals surface area contributed by atoms with Crippen LogP contribution in [0.25, 0.3) is 10.8 Å². The van der Waals surface area contributed by atoms with E-state index in [2.05, 4.69) is 31.9 Å². The number of carbonyl (C=O) groups is 1. The molecular weight excluding hydrogens is 380 g/mol. The molecule has 0 saturated carbocycles. The summed E-state index contributed by atoms with van der Waals surface area (Å²) in [6.07, 6.45) is 0. The van der Waals surface area contributed by atoms with E-state index in [1.807, 2.05) is 60.7 Å². The molecule has 0 saturated heterocycles. The van der Waals surface area contributed by atoms with Gasteiger partial charge in [-0.25, -0.2) is 0 Å². The molecule has 3 aromatic rings. The van der Waals surface area contributed by atoms with E-state index >= 15 is 0 Å². The number of benzene rings is 3. The van der Waals surface area contributed by atoms with Crippen molar-refractivity contribution < 1.29 is 4.79 Å². The molecule has 0 radical (unpaired) electrons. The van der Waals surface area contributed by atoms with E-state index in [0.717, 1.165) is 25.3 Å². The number of halogens is 2. The minimum absolute atomic E-state index is 0.0289. The lowest BCUT2D eigenvalue weighted by Crippen LogP contribution is -2.03. The number of hydrogen-bond donors (Lipinski definition) is 0. The molecule has 0 aromatic heterocycles. The minimum atomic E-state index is 0.0289. The fourth-order valence-electron chi connectivity index (χ4n) is 2.24. The van der Waals surface area contributed by atoms with Crippen molar-refractivity contribution in [1.82, 2.24) is 0 Å². The van der Waals surface area contributed by atoms with Crippen molar-refractivity contribution in [3.8, 4) is 0 Å². The zero-order valence-electron chi connectivity index (χ0n) is 10.4. The van der Waals surface area contributed by atoms with Gasteiger partial charge in [-0.05, 0) is 44.9 Å². The summed E-state index contributed by atoms with van der Waals surface area (Å²) in [6.45, 7) is 0. The lowest BCUT2D eigenvalue weighted by Gasteiger charge is -2.07. The molecule has 1 nitrogen and oxygen atoms in total. The number of fused-ring (bicyclic) bond motifs is 1. The van der Waals surface area contributed by atoms with Crippen molar-refractivity contribution in [2.24, 2.45) is 0 Å². The molecule has 0 spiro atoms. The average molecular weight is 390 g/mol. The summed E-state index contributed by atoms with van der Waals surface area (Å²) in [7, 11) is 0. The molecule has 0 atom stereocenters. The van der Waals surface area contributed by atoms with Crippen LogP contribution in [0, 0.1) is 0 Å². The third kappa shape index (κ3) is 2.43. The summed E-state index contributed by atoms with van der Waals surface area (Å²) in [5.41, 5.74) is 1.40. The molecule has 98 valence electrons. The lowest BCUT2D eigenvalue weighted by molar-refractivity contribution is 0.103. The maximum absolute atomic E-state index is 12.7. The van der Waals surface area contributed by atoms with Crippen LogP contribution in [0.3, 0.4) is 0 Å². The highest BCUT2D eigenvalue weighted by Crippen LogP contribution is 2.27. The first-order valence-corrected chi connectivity index (χ1v) is 7.73. The van der Waals surface area contributed by atoms with Crippen LogP contribution < -0.4 is 0 Å². The molecular formula is C17H10Br2O. The van der Waals surface area contributed by atoms with Gasteiger partial charge in [0.2, 0.25) is 0 Å². The van der Waals surface area contributed by atoms with Gasteiger partial charge in [0, 0.05) is 20.1 Å². The van der Waals surface area contributed by atoms with E-state index in [1.165, 1.54) is 0 Å². The molecule has 0 unspecified atom stereocenters. The first-order chi connectivity index (χ1) is 9.66. The minimum Gasteiger partial charge on any atom is -0.289 e. The maximum atomic E-state index is 12.7. The normalized spacial score (nSPS) is 10.7. The van der Waals surface area contributed by atoms with Gasteiger partial charge in [-0.3, -0.25) is 4.79 Å². The van der Waals surface area contributed by atoms with E-state index in [0.29, 0.717) is 5.56 Å². The van der Waals surface area contributed by atoms with Crippen molar-refractivity contribution in [3.05, 3.63) is 80.7 Å². The number of carbonyl (C=O) groups excluding carboxylic acids is 1. The van der Waals surface area contributed by atoms with Gasteiger partial charge in [0.1, 0.15) is 0 Å². The zero-order chi connectivity index (χ0) is 14.1. The van der Waals surface area contributed by atoms with Crippen LogP contribution in [0.5, 0.6) is 0 Å². The second kappa shape index (κ2) is 5.51. The van der Waals surface area contributed by atoms with E-state index in [1.54, 1.807) is 0 Å². The van der Waals surface area contributed by atoms with Crippen LogP contribution >= 0.6 is 31.9 Å². The Morgan fingerprint density at radius 2 is 1.55 bits per heavy atom. The smallest absolute Gasteiger partial charge is 0.194 e. The summed E-state index contributed by atoms with van der Waals surface area (Å²) in [6, 6.07) is 19.3. The monoisotopic (exact) mass is 388 g/mol. The summed E-state index contributed by atoms with van der Waals surface area (Å²) in [4.78, 5) is 12.7. The molecule has 20 heavy (non-hydrogen) atoms. The van der Waals surface area contributed by atoms with Gasteiger partial charge >= 0.3 is 0 Å². The fraction of sp³-hybridized carbons (Fsp3) is 0. The molecule has 0 aliphatic heterocycles. The Kier molecular flexibility index (Phi) is 3.72. The second-order valence-corrected chi connectivity index (χ2v) is 6.25. The topological polar surface area (TPSA) is 17.1 Å². The van der Waals surface area contributed by atoms with Crippen molar-refractivity contribution in [3.63, 3.8) is 0 Å². The molecule has 3 heteroatoms. The van der Waals surface area contributed by atoms with Gasteiger partial charge in [0.25, 0.3) is 0 Å². The Bertz CT molecular complexity index is 804. The van der Waals surface area contributed by atoms with Crippen LogP contribution in [0.4, 0.5) is 0 Å². The SMILES string of the molecule is O=C(c1ccc(Br)cc1Br)c1cccc2ccccc12. The second-order valence-electron chi connectivity index (χ2n) is 4.48. The summed E-state index contributed by atoms with van der Waals surface area (Å²) in [5, 5.41) is 2.06. The summed E-state index contributed by atoms with van der Waals surface area (Å²) < 4.78 is 1.74. The molecule has 0 amide bonds. The van der Waals surface area contributed by atoms with Gasteiger partial charge in [0.15, 0.2) is 5.78 Å². The number of hydrogen-bond acceptors (Lipinski definition) is 1. The van der Waals surface area contributed by atoms with Gasteiger partial charge in [-0.2, -0.15) is 0 Å². The van der Waals surface area contributed by atoms with E-state index in [9.17, 15) is 4.79 Å². The molecule has 0 aliphatic carbocycles. The predicted molar refractivity (Wildman–Crippen MR) is 89.2 cm³/mol. The highest BCUT2D eigenvalue weighted by molar-refractivity contribution is 9.11. The van der Waals surface area contributed by atoms with Crippen LogP contribution in [0.2, 0.25) is 0 Å². The highest BCUT2D eigenvalue weighted by atomic mass is 79.9. The third-order valence-electron chi connectivity index (χ3n) is 3.21. The Hall–Kier alpha value is -1.45. The Morgan fingerprint density at radius 3 is 2.35 bits per heavy atom. The van der Waals surface area contributed by atoms with Crippen molar-refractivity contribution in [2.75, 3.05) is 0 Å². The van der Waals surface area contributed by atoms with Crippen LogP contribution in [0.15, 0.2) is 69.6 Å². The highest BCUT2D eigenvalue weighted by Gasteiger charge is 2.15. The van der Waals surface area contributed by atoms with E-state index in [-0.39, 0.29) is 5.78 Å². The molecule has 3 rings (SSSR count). The summed E-state index contributed by atoms with van der Waals surface area (Å²) >= 11 is 6.86. The predicted octanol–water partition coefficient (Wildman–Crippen LogP) is 5.60. The molecule has 0 fully saturated rings. The van der Waals surface area contributed by atoms with Crippen molar-refractivity contribution >= 4 is 48.4 Å². The Balaban J connectivity index is 2.18. The van der Waals surface area contributed by atoms with Gasteiger partial charge in [-0.1, -0.05) is 58.4 Å². The van der Waals surface area contributed by atoms with Crippen molar-refractivity contribution in [2.45, 2.75) is 0 Å². The lowest BCUT2D eigenvalue weighted by atomic mass is 9.97. The maximum Gasteiger partial charge on any atom is 0.194 e. The fourth-order valence-corrected chi connectivity index (χ4v) is 3.47. The van der Waals surface area contributed by atoms with Crippen LogP contribution in [0.1, 0.15) is 15.9 Å². The Morgan fingerprint density at radius 1 is 0.800 bits per heavy atom. The van der Waals surface area contributed by atoms with Gasteiger partial charge < -0.3 is 0 Å². The molecule has 0 aliphatic rings. The first kappa shape index (κ1) is 13.5. The molecule has 0 bridgehead atoms. The molecule has 3 aromatic carbocycles. The average Bonchev–Trinajstić information content (AvgIpc) is 2.46.